The van der Waals surface area contributed by atoms with Gasteiger partial charge in [-0.3, -0.25) is 10.1 Å². The van der Waals surface area contributed by atoms with Crippen molar-refractivity contribution in [3.05, 3.63) is 39.4 Å². The number of aromatic carboxylic acids is 1. The van der Waals surface area contributed by atoms with E-state index < -0.39 is 33.7 Å². The summed E-state index contributed by atoms with van der Waals surface area (Å²) in [7, 11) is 0. The first-order valence-corrected chi connectivity index (χ1v) is 6.82. The van der Waals surface area contributed by atoms with Crippen molar-refractivity contribution in [1.82, 2.24) is 4.90 Å². The van der Waals surface area contributed by atoms with Crippen molar-refractivity contribution in [3.63, 3.8) is 0 Å². The lowest BCUT2D eigenvalue weighted by atomic mass is 10.1. The second kappa shape index (κ2) is 8.08. The molecular weight excluding hydrogens is 292 g/mol. The predicted octanol–water partition coefficient (Wildman–Crippen LogP) is 1.79. The third-order valence-corrected chi connectivity index (χ3v) is 3.21. The van der Waals surface area contributed by atoms with Gasteiger partial charge in [0.15, 0.2) is 5.56 Å². The minimum Gasteiger partial charge on any atom is -0.478 e. The third kappa shape index (κ3) is 4.26. The molecule has 8 heteroatoms. The van der Waals surface area contributed by atoms with Crippen molar-refractivity contribution in [2.24, 2.45) is 0 Å². The van der Waals surface area contributed by atoms with Crippen LogP contribution in [-0.4, -0.2) is 53.1 Å². The maximum atomic E-state index is 12.0. The molecule has 0 aliphatic heterocycles. The zero-order chi connectivity index (χ0) is 16.7. The van der Waals surface area contributed by atoms with Gasteiger partial charge in [0.25, 0.3) is 5.69 Å². The van der Waals surface area contributed by atoms with Crippen molar-refractivity contribution < 1.29 is 24.4 Å². The molecule has 0 spiro atoms. The van der Waals surface area contributed by atoms with Crippen LogP contribution >= 0.6 is 0 Å². The molecule has 1 aromatic rings. The van der Waals surface area contributed by atoms with Gasteiger partial charge in [-0.1, -0.05) is 19.9 Å². The van der Waals surface area contributed by atoms with Gasteiger partial charge in [0.2, 0.25) is 0 Å². The van der Waals surface area contributed by atoms with Crippen LogP contribution in [0.15, 0.2) is 18.2 Å². The van der Waals surface area contributed by atoms with Crippen molar-refractivity contribution in [2.45, 2.75) is 13.8 Å². The molecule has 0 aromatic heterocycles. The number of hydrogen-bond acceptors (Lipinski definition) is 6. The lowest BCUT2D eigenvalue weighted by Crippen LogP contribution is -2.28. The quantitative estimate of drug-likeness (QED) is 0.442. The average Bonchev–Trinajstić information content (AvgIpc) is 2.50. The number of carboxylic acids is 1. The number of likely N-dealkylation sites (N-methyl/N-ethyl adjacent to an activating group) is 1. The number of nitro groups is 1. The van der Waals surface area contributed by atoms with E-state index in [4.69, 9.17) is 9.84 Å². The molecule has 0 heterocycles. The van der Waals surface area contributed by atoms with E-state index in [1.54, 1.807) is 0 Å². The van der Waals surface area contributed by atoms with Gasteiger partial charge in [-0.25, -0.2) is 9.59 Å². The molecular formula is C14H18N2O6. The average molecular weight is 310 g/mol. The third-order valence-electron chi connectivity index (χ3n) is 3.21. The zero-order valence-corrected chi connectivity index (χ0v) is 12.4. The van der Waals surface area contributed by atoms with Gasteiger partial charge in [-0.05, 0) is 19.2 Å². The highest BCUT2D eigenvalue weighted by Gasteiger charge is 2.28. The molecule has 0 saturated heterocycles. The van der Waals surface area contributed by atoms with Crippen LogP contribution in [0.5, 0.6) is 0 Å². The topological polar surface area (TPSA) is 110 Å². The summed E-state index contributed by atoms with van der Waals surface area (Å²) >= 11 is 0. The fraction of sp³-hybridized carbons (Fsp3) is 0.429. The normalized spacial score (nSPS) is 10.5. The molecule has 1 rings (SSSR count). The highest BCUT2D eigenvalue weighted by Crippen LogP contribution is 2.23. The van der Waals surface area contributed by atoms with E-state index in [0.717, 1.165) is 25.2 Å². The Hall–Kier alpha value is -2.48. The van der Waals surface area contributed by atoms with Crippen LogP contribution < -0.4 is 0 Å². The summed E-state index contributed by atoms with van der Waals surface area (Å²) in [6, 6.07) is 3.43. The van der Waals surface area contributed by atoms with Gasteiger partial charge in [-0.2, -0.15) is 0 Å². The number of carboxylic acid groups (broad SMARTS) is 1. The summed E-state index contributed by atoms with van der Waals surface area (Å²) in [6.07, 6.45) is 0. The molecule has 8 nitrogen and oxygen atoms in total. The minimum atomic E-state index is -1.42. The summed E-state index contributed by atoms with van der Waals surface area (Å²) in [6.45, 7) is 5.97. The van der Waals surface area contributed by atoms with E-state index in [2.05, 4.69) is 0 Å². The van der Waals surface area contributed by atoms with Gasteiger partial charge in [0.05, 0.1) is 10.5 Å². The highest BCUT2D eigenvalue weighted by atomic mass is 16.6. The minimum absolute atomic E-state index is 0.0334. The largest absolute Gasteiger partial charge is 0.478 e. The molecule has 0 unspecified atom stereocenters. The maximum absolute atomic E-state index is 12.0. The Kier molecular flexibility index (Phi) is 6.46. The standard InChI is InChI=1S/C14H18N2O6/c1-3-15(4-2)8-9-22-14(19)12-10(13(17)18)6-5-7-11(12)16(20)21/h5-7H,3-4,8-9H2,1-2H3,(H,17,18). The van der Waals surface area contributed by atoms with E-state index >= 15 is 0 Å². The number of nitro benzene ring substituents is 1. The molecule has 0 aliphatic carbocycles. The first kappa shape index (κ1) is 17.6. The predicted molar refractivity (Wildman–Crippen MR) is 78.1 cm³/mol. The van der Waals surface area contributed by atoms with Gasteiger partial charge in [0.1, 0.15) is 6.61 Å². The van der Waals surface area contributed by atoms with Gasteiger partial charge >= 0.3 is 11.9 Å². The molecule has 0 fully saturated rings. The molecule has 0 aliphatic rings. The Bertz CT molecular complexity index is 536. The van der Waals surface area contributed by atoms with E-state index in [1.807, 2.05) is 18.7 Å². The molecule has 1 aromatic carbocycles. The monoisotopic (exact) mass is 310 g/mol. The number of rotatable bonds is 8. The second-order valence-electron chi connectivity index (χ2n) is 4.42. The molecule has 0 radical (unpaired) electrons. The van der Waals surface area contributed by atoms with Gasteiger partial charge in [0, 0.05) is 12.6 Å². The van der Waals surface area contributed by atoms with E-state index in [0.29, 0.717) is 6.54 Å². The van der Waals surface area contributed by atoms with E-state index in [-0.39, 0.29) is 6.61 Å². The lowest BCUT2D eigenvalue weighted by Gasteiger charge is -2.17. The van der Waals surface area contributed by atoms with Crippen LogP contribution in [0.3, 0.4) is 0 Å². The van der Waals surface area contributed by atoms with Crippen LogP contribution in [0.2, 0.25) is 0 Å². The SMILES string of the molecule is CCN(CC)CCOC(=O)c1c(C(=O)O)cccc1[N+](=O)[O-]. The van der Waals surface area contributed by atoms with Crippen LogP contribution in [0, 0.1) is 10.1 Å². The number of hydrogen-bond donors (Lipinski definition) is 1. The number of benzene rings is 1. The van der Waals surface area contributed by atoms with Crippen molar-refractivity contribution in [3.8, 4) is 0 Å². The number of carbonyl (C=O) groups excluding carboxylic acids is 1. The van der Waals surface area contributed by atoms with Crippen molar-refractivity contribution >= 4 is 17.6 Å². The summed E-state index contributed by atoms with van der Waals surface area (Å²) in [4.78, 5) is 35.4. The van der Waals surface area contributed by atoms with Gasteiger partial charge < -0.3 is 14.7 Å². The Labute approximate surface area is 127 Å². The van der Waals surface area contributed by atoms with Crippen LogP contribution in [-0.2, 0) is 4.74 Å². The lowest BCUT2D eigenvalue weighted by molar-refractivity contribution is -0.385. The number of carbonyl (C=O) groups is 2. The Morgan fingerprint density at radius 3 is 2.45 bits per heavy atom. The van der Waals surface area contributed by atoms with Gasteiger partial charge in [-0.15, -0.1) is 0 Å². The Balaban J connectivity index is 2.96. The fourth-order valence-electron chi connectivity index (χ4n) is 1.96. The second-order valence-corrected chi connectivity index (χ2v) is 4.42. The van der Waals surface area contributed by atoms with Crippen LogP contribution in [0.1, 0.15) is 34.6 Å². The van der Waals surface area contributed by atoms with Crippen molar-refractivity contribution in [1.29, 1.82) is 0 Å². The summed E-state index contributed by atoms with van der Waals surface area (Å²) in [5, 5.41) is 20.0. The fourth-order valence-corrected chi connectivity index (χ4v) is 1.96. The smallest absolute Gasteiger partial charge is 0.346 e. The molecule has 0 saturated carbocycles. The van der Waals surface area contributed by atoms with Crippen LogP contribution in [0.4, 0.5) is 5.69 Å². The number of ether oxygens (including phenoxy) is 1. The number of esters is 1. The Morgan fingerprint density at radius 1 is 1.32 bits per heavy atom. The molecule has 0 amide bonds. The summed E-state index contributed by atoms with van der Waals surface area (Å²) in [5.41, 5.74) is -1.55. The molecule has 1 N–H and O–H groups in total. The number of nitrogens with zero attached hydrogens (tertiary/aromatic N) is 2. The zero-order valence-electron chi connectivity index (χ0n) is 12.4. The Morgan fingerprint density at radius 2 is 1.95 bits per heavy atom. The first-order chi connectivity index (χ1) is 10.4. The molecule has 0 atom stereocenters. The van der Waals surface area contributed by atoms with E-state index in [9.17, 15) is 19.7 Å². The highest BCUT2D eigenvalue weighted by molar-refractivity contribution is 6.05. The molecule has 0 bridgehead atoms. The maximum Gasteiger partial charge on any atom is 0.346 e. The molecule has 22 heavy (non-hydrogen) atoms. The van der Waals surface area contributed by atoms with E-state index in [1.165, 1.54) is 6.07 Å². The first-order valence-electron chi connectivity index (χ1n) is 6.82. The summed E-state index contributed by atoms with van der Waals surface area (Å²) in [5.74, 6) is -2.42. The molecule has 120 valence electrons. The summed E-state index contributed by atoms with van der Waals surface area (Å²) < 4.78 is 5.00. The van der Waals surface area contributed by atoms with Crippen molar-refractivity contribution in [2.75, 3.05) is 26.2 Å². The van der Waals surface area contributed by atoms with Crippen LogP contribution in [0.25, 0.3) is 0 Å².